The quantitative estimate of drug-likeness (QED) is 0.723. The smallest absolute Gasteiger partial charge is 0.321 e. The molecule has 5 nitrogen and oxygen atoms in total. The zero-order valence-corrected chi connectivity index (χ0v) is 13.8. The average Bonchev–Trinajstić information content (AvgIpc) is 2.38. The highest BCUT2D eigenvalue weighted by Crippen LogP contribution is 2.16. The van der Waals surface area contributed by atoms with Crippen molar-refractivity contribution in [3.63, 3.8) is 0 Å². The lowest BCUT2D eigenvalue weighted by Crippen LogP contribution is -2.33. The molecule has 21 heavy (non-hydrogen) atoms. The fourth-order valence-electron chi connectivity index (χ4n) is 1.92. The third-order valence-corrected chi connectivity index (χ3v) is 4.75. The van der Waals surface area contributed by atoms with E-state index in [-0.39, 0.29) is 18.0 Å². The molecule has 6 heteroatoms. The molecule has 118 valence electrons. The number of hydrogen-bond donors (Lipinski definition) is 0. The second-order valence-corrected chi connectivity index (χ2v) is 7.35. The van der Waals surface area contributed by atoms with Crippen LogP contribution in [0.1, 0.15) is 26.3 Å². The number of ether oxygens (including phenoxy) is 1. The van der Waals surface area contributed by atoms with E-state index in [1.165, 1.54) is 7.05 Å². The van der Waals surface area contributed by atoms with Gasteiger partial charge in [0.2, 0.25) is 10.0 Å². The Labute approximate surface area is 127 Å². The van der Waals surface area contributed by atoms with Gasteiger partial charge in [-0.25, -0.2) is 8.42 Å². The van der Waals surface area contributed by atoms with Gasteiger partial charge in [-0.15, -0.1) is 0 Å². The van der Waals surface area contributed by atoms with Gasteiger partial charge in [-0.3, -0.25) is 4.79 Å². The van der Waals surface area contributed by atoms with Crippen LogP contribution in [0.2, 0.25) is 0 Å². The van der Waals surface area contributed by atoms with Gasteiger partial charge in [0.15, 0.2) is 0 Å². The summed E-state index contributed by atoms with van der Waals surface area (Å²) < 4.78 is 30.4. The number of benzene rings is 1. The number of carbonyl (C=O) groups is 1. The van der Waals surface area contributed by atoms with Crippen LogP contribution in [0.25, 0.3) is 0 Å². The Kier molecular flexibility index (Phi) is 6.36. The molecular weight excluding hydrogens is 290 g/mol. The van der Waals surface area contributed by atoms with Gasteiger partial charge < -0.3 is 4.74 Å². The van der Waals surface area contributed by atoms with Crippen LogP contribution in [0, 0.1) is 5.92 Å². The lowest BCUT2D eigenvalue weighted by atomic mass is 10.0. The SMILES string of the molecule is CCOC(=O)CN(C)S(=O)(=O)c1ccc(CC(C)C)cc1. The summed E-state index contributed by atoms with van der Waals surface area (Å²) in [5.41, 5.74) is 1.09. The fraction of sp³-hybridized carbons (Fsp3) is 0.533. The lowest BCUT2D eigenvalue weighted by Gasteiger charge is -2.16. The average molecular weight is 313 g/mol. The second kappa shape index (κ2) is 7.56. The molecule has 0 heterocycles. The standard InChI is InChI=1S/C15H23NO4S/c1-5-20-15(17)11-16(4)21(18,19)14-8-6-13(7-9-14)10-12(2)3/h6-9,12H,5,10-11H2,1-4H3. The van der Waals surface area contributed by atoms with E-state index < -0.39 is 16.0 Å². The van der Waals surface area contributed by atoms with Crippen molar-refractivity contribution in [1.82, 2.24) is 4.31 Å². The summed E-state index contributed by atoms with van der Waals surface area (Å²) in [6.45, 7) is 5.84. The van der Waals surface area contributed by atoms with Gasteiger partial charge in [-0.05, 0) is 37.0 Å². The van der Waals surface area contributed by atoms with Gasteiger partial charge in [0, 0.05) is 7.05 Å². The monoisotopic (exact) mass is 313 g/mol. The maximum absolute atomic E-state index is 12.3. The number of rotatable bonds is 7. The van der Waals surface area contributed by atoms with Gasteiger partial charge in [0.05, 0.1) is 11.5 Å². The van der Waals surface area contributed by atoms with Crippen LogP contribution in [-0.4, -0.2) is 38.9 Å². The molecule has 0 unspecified atom stereocenters. The number of hydrogen-bond acceptors (Lipinski definition) is 4. The predicted molar refractivity (Wildman–Crippen MR) is 81.4 cm³/mol. The number of carbonyl (C=O) groups excluding carboxylic acids is 1. The van der Waals surface area contributed by atoms with E-state index in [9.17, 15) is 13.2 Å². The predicted octanol–water partition coefficient (Wildman–Crippen LogP) is 2.07. The molecule has 0 amide bonds. The first-order valence-electron chi connectivity index (χ1n) is 6.98. The molecule has 1 aromatic rings. The molecule has 0 aromatic heterocycles. The first-order valence-corrected chi connectivity index (χ1v) is 8.42. The van der Waals surface area contributed by atoms with Crippen molar-refractivity contribution in [3.8, 4) is 0 Å². The molecule has 0 bridgehead atoms. The minimum absolute atomic E-state index is 0.182. The Bertz CT molecular complexity index is 564. The molecule has 0 saturated heterocycles. The number of nitrogens with zero attached hydrogens (tertiary/aromatic N) is 1. The highest BCUT2D eigenvalue weighted by Gasteiger charge is 2.23. The van der Waals surface area contributed by atoms with E-state index in [1.54, 1.807) is 19.1 Å². The van der Waals surface area contributed by atoms with Gasteiger partial charge in [-0.1, -0.05) is 26.0 Å². The van der Waals surface area contributed by atoms with Gasteiger partial charge in [0.25, 0.3) is 0 Å². The van der Waals surface area contributed by atoms with Crippen LogP contribution >= 0.6 is 0 Å². The van der Waals surface area contributed by atoms with Gasteiger partial charge >= 0.3 is 5.97 Å². The summed E-state index contributed by atoms with van der Waals surface area (Å²) in [6, 6.07) is 6.78. The van der Waals surface area contributed by atoms with Gasteiger partial charge in [0.1, 0.15) is 6.54 Å². The van der Waals surface area contributed by atoms with Crippen molar-refractivity contribution < 1.29 is 17.9 Å². The summed E-state index contributed by atoms with van der Waals surface area (Å²) >= 11 is 0. The highest BCUT2D eigenvalue weighted by molar-refractivity contribution is 7.89. The van der Waals surface area contributed by atoms with E-state index in [1.807, 2.05) is 12.1 Å². The maximum Gasteiger partial charge on any atom is 0.321 e. The summed E-state index contributed by atoms with van der Waals surface area (Å²) in [4.78, 5) is 11.6. The molecule has 0 radical (unpaired) electrons. The number of sulfonamides is 1. The molecule has 0 spiro atoms. The largest absolute Gasteiger partial charge is 0.465 e. The van der Waals surface area contributed by atoms with Crippen molar-refractivity contribution in [2.75, 3.05) is 20.2 Å². The Hall–Kier alpha value is -1.40. The molecule has 0 atom stereocenters. The summed E-state index contributed by atoms with van der Waals surface area (Å²) in [6.07, 6.45) is 0.902. The third-order valence-electron chi connectivity index (χ3n) is 2.93. The summed E-state index contributed by atoms with van der Waals surface area (Å²) in [5, 5.41) is 0. The van der Waals surface area contributed by atoms with E-state index in [0.29, 0.717) is 5.92 Å². The van der Waals surface area contributed by atoms with Crippen LogP contribution < -0.4 is 0 Å². The summed E-state index contributed by atoms with van der Waals surface area (Å²) in [7, 11) is -2.30. The molecular formula is C15H23NO4S. The first kappa shape index (κ1) is 17.7. The maximum atomic E-state index is 12.3. The second-order valence-electron chi connectivity index (χ2n) is 5.31. The van der Waals surface area contributed by atoms with Gasteiger partial charge in [-0.2, -0.15) is 4.31 Å². The highest BCUT2D eigenvalue weighted by atomic mass is 32.2. The molecule has 0 N–H and O–H groups in total. The number of esters is 1. The van der Waals surface area contributed by atoms with Crippen molar-refractivity contribution in [1.29, 1.82) is 0 Å². The van der Waals surface area contributed by atoms with Crippen LogP contribution in [0.4, 0.5) is 0 Å². The molecule has 1 aromatic carbocycles. The van der Waals surface area contributed by atoms with Crippen LogP contribution in [0.3, 0.4) is 0 Å². The van der Waals surface area contributed by atoms with Crippen molar-refractivity contribution in [2.45, 2.75) is 32.1 Å². The molecule has 0 fully saturated rings. The van der Waals surface area contributed by atoms with E-state index in [2.05, 4.69) is 13.8 Å². The molecule has 0 saturated carbocycles. The topological polar surface area (TPSA) is 63.7 Å². The van der Waals surface area contributed by atoms with Crippen molar-refractivity contribution in [2.24, 2.45) is 5.92 Å². The minimum atomic E-state index is -3.67. The molecule has 1 rings (SSSR count). The van der Waals surface area contributed by atoms with Crippen LogP contribution in [0.15, 0.2) is 29.2 Å². The fourth-order valence-corrected chi connectivity index (χ4v) is 3.04. The molecule has 0 aliphatic rings. The van der Waals surface area contributed by atoms with Crippen LogP contribution in [0.5, 0.6) is 0 Å². The molecule has 0 aliphatic carbocycles. The van der Waals surface area contributed by atoms with Crippen molar-refractivity contribution in [3.05, 3.63) is 29.8 Å². The number of likely N-dealkylation sites (N-methyl/N-ethyl adjacent to an activating group) is 1. The first-order chi connectivity index (χ1) is 9.77. The Morgan fingerprint density at radius 3 is 2.29 bits per heavy atom. The van der Waals surface area contributed by atoms with E-state index in [0.717, 1.165) is 16.3 Å². The van der Waals surface area contributed by atoms with Crippen molar-refractivity contribution >= 4 is 16.0 Å². The van der Waals surface area contributed by atoms with E-state index >= 15 is 0 Å². The Balaban J connectivity index is 2.84. The minimum Gasteiger partial charge on any atom is -0.465 e. The molecule has 0 aliphatic heterocycles. The third kappa shape index (κ3) is 5.13. The van der Waals surface area contributed by atoms with Crippen LogP contribution in [-0.2, 0) is 26.0 Å². The Morgan fingerprint density at radius 1 is 1.24 bits per heavy atom. The van der Waals surface area contributed by atoms with E-state index in [4.69, 9.17) is 4.74 Å². The summed E-state index contributed by atoms with van der Waals surface area (Å²) in [5.74, 6) is -0.0426. The Morgan fingerprint density at radius 2 is 1.81 bits per heavy atom. The lowest BCUT2D eigenvalue weighted by molar-refractivity contribution is -0.143. The zero-order chi connectivity index (χ0) is 16.0. The zero-order valence-electron chi connectivity index (χ0n) is 13.0. The normalized spacial score (nSPS) is 11.9.